The van der Waals surface area contributed by atoms with Crippen LogP contribution < -0.4 is 0 Å². The van der Waals surface area contributed by atoms with Crippen molar-refractivity contribution in [3.8, 4) is 0 Å². The molecular weight excluding hydrogens is 262 g/mol. The van der Waals surface area contributed by atoms with Gasteiger partial charge in [-0.15, -0.1) is 0 Å². The Hall–Kier alpha value is -1.37. The van der Waals surface area contributed by atoms with E-state index >= 15 is 0 Å². The van der Waals surface area contributed by atoms with Crippen molar-refractivity contribution in [3.63, 3.8) is 0 Å². The molecule has 1 spiro atoms. The van der Waals surface area contributed by atoms with Crippen molar-refractivity contribution in [1.82, 2.24) is 4.90 Å². The largest absolute Gasteiger partial charge is 0.463 e. The minimum atomic E-state index is -0.443. The quantitative estimate of drug-likeness (QED) is 0.781. The second-order valence-corrected chi connectivity index (χ2v) is 5.14. The van der Waals surface area contributed by atoms with Crippen molar-refractivity contribution < 1.29 is 23.4 Å². The topological polar surface area (TPSA) is 61.1 Å². The monoisotopic (exact) mass is 281 g/mol. The van der Waals surface area contributed by atoms with Crippen LogP contribution in [-0.4, -0.2) is 50.1 Å². The molecule has 1 aromatic rings. The molecule has 2 fully saturated rings. The molecule has 110 valence electrons. The van der Waals surface area contributed by atoms with Crippen LogP contribution in [0.1, 0.15) is 29.2 Å². The summed E-state index contributed by atoms with van der Waals surface area (Å²) in [6.07, 6.45) is 1.75. The maximum Gasteiger partial charge on any atom is 0.373 e. The maximum absolute atomic E-state index is 11.3. The molecule has 0 atom stereocenters. The molecule has 2 aliphatic rings. The van der Waals surface area contributed by atoms with Crippen LogP contribution in [0.5, 0.6) is 0 Å². The maximum atomic E-state index is 11.3. The number of esters is 1. The van der Waals surface area contributed by atoms with E-state index in [0.29, 0.717) is 19.8 Å². The zero-order valence-electron chi connectivity index (χ0n) is 11.6. The van der Waals surface area contributed by atoms with E-state index in [1.807, 2.05) is 6.07 Å². The molecule has 6 heteroatoms. The predicted octanol–water partition coefficient (Wildman–Crippen LogP) is 1.41. The summed E-state index contributed by atoms with van der Waals surface area (Å²) in [5.41, 5.74) is 0. The predicted molar refractivity (Wildman–Crippen MR) is 69.2 cm³/mol. The number of rotatable bonds is 3. The number of likely N-dealkylation sites (tertiary alicyclic amines) is 1. The molecule has 0 aliphatic carbocycles. The summed E-state index contributed by atoms with van der Waals surface area (Å²) in [7, 11) is 1.34. The molecule has 1 aromatic heterocycles. The van der Waals surface area contributed by atoms with Gasteiger partial charge in [-0.1, -0.05) is 0 Å². The minimum Gasteiger partial charge on any atom is -0.463 e. The van der Waals surface area contributed by atoms with E-state index in [9.17, 15) is 4.79 Å². The minimum absolute atomic E-state index is 0.249. The first-order chi connectivity index (χ1) is 9.71. The van der Waals surface area contributed by atoms with Gasteiger partial charge in [0, 0.05) is 25.9 Å². The van der Waals surface area contributed by atoms with E-state index in [-0.39, 0.29) is 11.5 Å². The van der Waals surface area contributed by atoms with Crippen LogP contribution in [0.15, 0.2) is 16.5 Å². The SMILES string of the molecule is COC(=O)c1ccc(CN2CCC3(CC2)OCCO3)o1. The van der Waals surface area contributed by atoms with Crippen LogP contribution in [-0.2, 0) is 20.8 Å². The molecule has 0 N–H and O–H groups in total. The fraction of sp³-hybridized carbons (Fsp3) is 0.643. The third-order valence-corrected chi connectivity index (χ3v) is 3.86. The Morgan fingerprint density at radius 2 is 2.00 bits per heavy atom. The van der Waals surface area contributed by atoms with Gasteiger partial charge in [-0.3, -0.25) is 4.90 Å². The van der Waals surface area contributed by atoms with Crippen LogP contribution in [0.3, 0.4) is 0 Å². The van der Waals surface area contributed by atoms with Crippen molar-refractivity contribution >= 4 is 5.97 Å². The summed E-state index contributed by atoms with van der Waals surface area (Å²) < 4.78 is 21.5. The number of hydrogen-bond acceptors (Lipinski definition) is 6. The van der Waals surface area contributed by atoms with Crippen molar-refractivity contribution in [3.05, 3.63) is 23.7 Å². The Balaban J connectivity index is 1.54. The summed E-state index contributed by atoms with van der Waals surface area (Å²) in [5.74, 6) is 0.228. The number of ether oxygens (including phenoxy) is 3. The van der Waals surface area contributed by atoms with Crippen molar-refractivity contribution in [2.24, 2.45) is 0 Å². The lowest BCUT2D eigenvalue weighted by Crippen LogP contribution is -2.44. The molecule has 6 nitrogen and oxygen atoms in total. The highest BCUT2D eigenvalue weighted by atomic mass is 16.7. The third-order valence-electron chi connectivity index (χ3n) is 3.86. The van der Waals surface area contributed by atoms with Crippen molar-refractivity contribution in [2.45, 2.75) is 25.2 Å². The molecule has 2 aliphatic heterocycles. The van der Waals surface area contributed by atoms with E-state index in [4.69, 9.17) is 13.9 Å². The number of carbonyl (C=O) groups is 1. The highest BCUT2D eigenvalue weighted by Crippen LogP contribution is 2.31. The molecule has 0 aromatic carbocycles. The average Bonchev–Trinajstić information content (AvgIpc) is 3.11. The molecule has 0 amide bonds. The molecule has 3 rings (SSSR count). The van der Waals surface area contributed by atoms with Crippen LogP contribution >= 0.6 is 0 Å². The Labute approximate surface area is 117 Å². The highest BCUT2D eigenvalue weighted by Gasteiger charge is 2.39. The number of hydrogen-bond donors (Lipinski definition) is 0. The molecule has 20 heavy (non-hydrogen) atoms. The smallest absolute Gasteiger partial charge is 0.373 e. The Kier molecular flexibility index (Phi) is 3.78. The van der Waals surface area contributed by atoms with Gasteiger partial charge in [0.1, 0.15) is 5.76 Å². The van der Waals surface area contributed by atoms with Gasteiger partial charge >= 0.3 is 5.97 Å². The van der Waals surface area contributed by atoms with Crippen LogP contribution in [0.4, 0.5) is 0 Å². The van der Waals surface area contributed by atoms with Gasteiger partial charge in [0.25, 0.3) is 0 Å². The summed E-state index contributed by atoms with van der Waals surface area (Å²) in [6.45, 7) is 3.87. The lowest BCUT2D eigenvalue weighted by Gasteiger charge is -2.37. The van der Waals surface area contributed by atoms with Gasteiger partial charge in [-0.25, -0.2) is 4.79 Å². The van der Waals surface area contributed by atoms with Gasteiger partial charge in [0.2, 0.25) is 5.76 Å². The van der Waals surface area contributed by atoms with E-state index in [0.717, 1.165) is 31.7 Å². The van der Waals surface area contributed by atoms with Gasteiger partial charge in [-0.05, 0) is 12.1 Å². The van der Waals surface area contributed by atoms with Crippen LogP contribution in [0.2, 0.25) is 0 Å². The summed E-state index contributed by atoms with van der Waals surface area (Å²) >= 11 is 0. The number of piperidine rings is 1. The Bertz CT molecular complexity index is 468. The molecule has 0 saturated carbocycles. The first-order valence-corrected chi connectivity index (χ1v) is 6.88. The van der Waals surface area contributed by atoms with E-state index < -0.39 is 5.97 Å². The fourth-order valence-electron chi connectivity index (χ4n) is 2.73. The average molecular weight is 281 g/mol. The fourth-order valence-corrected chi connectivity index (χ4v) is 2.73. The van der Waals surface area contributed by atoms with Gasteiger partial charge in [0.05, 0.1) is 26.9 Å². The van der Waals surface area contributed by atoms with Crippen LogP contribution in [0, 0.1) is 0 Å². The lowest BCUT2D eigenvalue weighted by molar-refractivity contribution is -0.186. The Morgan fingerprint density at radius 3 is 2.65 bits per heavy atom. The first-order valence-electron chi connectivity index (χ1n) is 6.88. The second kappa shape index (κ2) is 5.55. The summed E-state index contributed by atoms with van der Waals surface area (Å²) in [4.78, 5) is 13.6. The van der Waals surface area contributed by atoms with E-state index in [2.05, 4.69) is 9.64 Å². The second-order valence-electron chi connectivity index (χ2n) is 5.14. The molecule has 3 heterocycles. The Morgan fingerprint density at radius 1 is 1.30 bits per heavy atom. The normalized spacial score (nSPS) is 22.2. The zero-order chi connectivity index (χ0) is 14.0. The van der Waals surface area contributed by atoms with Gasteiger partial charge in [-0.2, -0.15) is 0 Å². The van der Waals surface area contributed by atoms with Gasteiger partial charge < -0.3 is 18.6 Å². The van der Waals surface area contributed by atoms with Crippen molar-refractivity contribution in [1.29, 1.82) is 0 Å². The van der Waals surface area contributed by atoms with E-state index in [1.165, 1.54) is 7.11 Å². The number of methoxy groups -OCH3 is 1. The third kappa shape index (κ3) is 2.72. The molecule has 0 unspecified atom stereocenters. The summed E-state index contributed by atoms with van der Waals surface area (Å²) in [5, 5.41) is 0. The highest BCUT2D eigenvalue weighted by molar-refractivity contribution is 5.86. The molecule has 0 radical (unpaired) electrons. The summed E-state index contributed by atoms with van der Waals surface area (Å²) in [6, 6.07) is 3.47. The van der Waals surface area contributed by atoms with Gasteiger partial charge in [0.15, 0.2) is 5.79 Å². The molecular formula is C14H19NO5. The van der Waals surface area contributed by atoms with Crippen molar-refractivity contribution in [2.75, 3.05) is 33.4 Å². The van der Waals surface area contributed by atoms with Crippen LogP contribution in [0.25, 0.3) is 0 Å². The number of furan rings is 1. The van der Waals surface area contributed by atoms with E-state index in [1.54, 1.807) is 6.07 Å². The first kappa shape index (κ1) is 13.6. The number of carbonyl (C=O) groups excluding carboxylic acids is 1. The lowest BCUT2D eigenvalue weighted by atomic mass is 10.0. The standard InChI is InChI=1S/C14H19NO5/c1-17-13(16)12-3-2-11(20-12)10-15-6-4-14(5-7-15)18-8-9-19-14/h2-3H,4-10H2,1H3. The zero-order valence-corrected chi connectivity index (χ0v) is 11.6. The number of nitrogens with zero attached hydrogens (tertiary/aromatic N) is 1. The molecule has 2 saturated heterocycles. The molecule has 0 bridgehead atoms.